The van der Waals surface area contributed by atoms with Crippen molar-refractivity contribution in [1.82, 2.24) is 0 Å². The van der Waals surface area contributed by atoms with Crippen molar-refractivity contribution in [2.75, 3.05) is 0 Å². The van der Waals surface area contributed by atoms with E-state index in [4.69, 9.17) is 0 Å². The fourth-order valence-corrected chi connectivity index (χ4v) is 2.40. The van der Waals surface area contributed by atoms with Crippen LogP contribution in [0.25, 0.3) is 0 Å². The smallest absolute Gasteiger partial charge is 0.126 e. The number of aryl methyl sites for hydroxylation is 1. The second-order valence-electron chi connectivity index (χ2n) is 4.47. The molecule has 0 unspecified atom stereocenters. The average molecular weight is 208 g/mol. The molecule has 2 heteroatoms. The lowest BCUT2D eigenvalue weighted by molar-refractivity contribution is 0.106. The predicted octanol–water partition coefficient (Wildman–Crippen LogP) is 3.15. The summed E-state index contributed by atoms with van der Waals surface area (Å²) in [5.41, 5.74) is 1.76. The minimum atomic E-state index is -0.247. The Morgan fingerprint density at radius 2 is 2.00 bits per heavy atom. The summed E-state index contributed by atoms with van der Waals surface area (Å²) in [4.78, 5) is 0. The highest BCUT2D eigenvalue weighted by Crippen LogP contribution is 2.33. The molecule has 2 rings (SSSR count). The van der Waals surface area contributed by atoms with E-state index in [-0.39, 0.29) is 17.8 Å². The van der Waals surface area contributed by atoms with E-state index in [1.54, 1.807) is 6.92 Å². The fraction of sp³-hybridized carbons (Fsp3) is 0.538. The second-order valence-corrected chi connectivity index (χ2v) is 4.47. The van der Waals surface area contributed by atoms with Gasteiger partial charge in [-0.1, -0.05) is 25.0 Å². The first-order valence-corrected chi connectivity index (χ1v) is 5.62. The number of aliphatic hydroxyl groups excluding tert-OH is 1. The molecule has 0 spiro atoms. The molecule has 82 valence electrons. The van der Waals surface area contributed by atoms with E-state index in [2.05, 4.69) is 0 Å². The highest BCUT2D eigenvalue weighted by atomic mass is 19.1. The van der Waals surface area contributed by atoms with Crippen LogP contribution >= 0.6 is 0 Å². The van der Waals surface area contributed by atoms with Crippen LogP contribution in [0.2, 0.25) is 0 Å². The van der Waals surface area contributed by atoms with E-state index in [0.29, 0.717) is 5.56 Å². The third-order valence-corrected chi connectivity index (χ3v) is 3.34. The maximum atomic E-state index is 13.1. The van der Waals surface area contributed by atoms with E-state index in [1.807, 2.05) is 12.1 Å². The largest absolute Gasteiger partial charge is 0.392 e. The third-order valence-electron chi connectivity index (χ3n) is 3.34. The van der Waals surface area contributed by atoms with Gasteiger partial charge in [0.1, 0.15) is 5.82 Å². The highest BCUT2D eigenvalue weighted by molar-refractivity contribution is 5.28. The first kappa shape index (κ1) is 10.6. The first-order chi connectivity index (χ1) is 7.18. The molecule has 1 fully saturated rings. The zero-order chi connectivity index (χ0) is 10.8. The predicted molar refractivity (Wildman–Crippen MR) is 58.4 cm³/mol. The summed E-state index contributed by atoms with van der Waals surface area (Å²) >= 11 is 0. The number of benzene rings is 1. The standard InChI is InChI=1S/C13H17FO/c1-9-8-10(6-7-12(9)14)11-4-2-3-5-13(11)15/h6-8,11,13,15H,2-5H2,1H3/t11-,13+/m1/s1. The minimum absolute atomic E-state index is 0.163. The zero-order valence-corrected chi connectivity index (χ0v) is 9.04. The van der Waals surface area contributed by atoms with Crippen LogP contribution in [0.15, 0.2) is 18.2 Å². The molecule has 0 amide bonds. The van der Waals surface area contributed by atoms with Crippen molar-refractivity contribution in [2.45, 2.75) is 44.6 Å². The Morgan fingerprint density at radius 1 is 1.27 bits per heavy atom. The van der Waals surface area contributed by atoms with Crippen LogP contribution in [0, 0.1) is 12.7 Å². The first-order valence-electron chi connectivity index (χ1n) is 5.62. The maximum absolute atomic E-state index is 13.1. The molecule has 1 aromatic rings. The molecule has 1 aliphatic rings. The molecule has 1 nitrogen and oxygen atoms in total. The van der Waals surface area contributed by atoms with Gasteiger partial charge in [-0.2, -0.15) is 0 Å². The van der Waals surface area contributed by atoms with Gasteiger partial charge in [0, 0.05) is 5.92 Å². The molecule has 0 radical (unpaired) electrons. The highest BCUT2D eigenvalue weighted by Gasteiger charge is 2.24. The number of halogens is 1. The summed E-state index contributed by atoms with van der Waals surface area (Å²) in [6.45, 7) is 1.77. The molecular weight excluding hydrogens is 191 g/mol. The van der Waals surface area contributed by atoms with Gasteiger partial charge in [0.2, 0.25) is 0 Å². The van der Waals surface area contributed by atoms with Gasteiger partial charge in [0.05, 0.1) is 6.10 Å². The SMILES string of the molecule is Cc1cc([C@H]2CCCC[C@@H]2O)ccc1F. The molecule has 0 bridgehead atoms. The molecule has 1 saturated carbocycles. The molecule has 1 aromatic carbocycles. The summed E-state index contributed by atoms with van der Waals surface area (Å²) in [5.74, 6) is 0.0436. The Bertz CT molecular complexity index is 348. The summed E-state index contributed by atoms with van der Waals surface area (Å²) < 4.78 is 13.1. The summed E-state index contributed by atoms with van der Waals surface area (Å²) in [6.07, 6.45) is 3.92. The number of hydrogen-bond acceptors (Lipinski definition) is 1. The van der Waals surface area contributed by atoms with E-state index < -0.39 is 0 Å². The quantitative estimate of drug-likeness (QED) is 0.751. The van der Waals surface area contributed by atoms with E-state index >= 15 is 0 Å². The van der Waals surface area contributed by atoms with Crippen molar-refractivity contribution in [3.8, 4) is 0 Å². The fourth-order valence-electron chi connectivity index (χ4n) is 2.40. The van der Waals surface area contributed by atoms with Crippen molar-refractivity contribution in [3.05, 3.63) is 35.1 Å². The van der Waals surface area contributed by atoms with Gasteiger partial charge in [0.15, 0.2) is 0 Å². The number of aliphatic hydroxyl groups is 1. The van der Waals surface area contributed by atoms with Crippen molar-refractivity contribution in [3.63, 3.8) is 0 Å². The van der Waals surface area contributed by atoms with Crippen molar-refractivity contribution >= 4 is 0 Å². The van der Waals surface area contributed by atoms with E-state index in [0.717, 1.165) is 31.2 Å². The molecule has 1 N–H and O–H groups in total. The van der Waals surface area contributed by atoms with Gasteiger partial charge in [-0.15, -0.1) is 0 Å². The maximum Gasteiger partial charge on any atom is 0.126 e. The minimum Gasteiger partial charge on any atom is -0.392 e. The Hall–Kier alpha value is -0.890. The van der Waals surface area contributed by atoms with Crippen LogP contribution in [-0.4, -0.2) is 11.2 Å². The molecule has 0 heterocycles. The van der Waals surface area contributed by atoms with Gasteiger partial charge in [-0.05, 0) is 37.0 Å². The van der Waals surface area contributed by atoms with Crippen molar-refractivity contribution in [2.24, 2.45) is 0 Å². The second kappa shape index (κ2) is 4.31. The van der Waals surface area contributed by atoms with Gasteiger partial charge >= 0.3 is 0 Å². The van der Waals surface area contributed by atoms with Gasteiger partial charge in [-0.3, -0.25) is 0 Å². The summed E-state index contributed by atoms with van der Waals surface area (Å²) in [5, 5.41) is 9.89. The Kier molecular flexibility index (Phi) is 3.06. The Labute approximate surface area is 89.9 Å². The van der Waals surface area contributed by atoms with Gasteiger partial charge in [-0.25, -0.2) is 4.39 Å². The molecule has 0 saturated heterocycles. The van der Waals surface area contributed by atoms with Gasteiger partial charge < -0.3 is 5.11 Å². The van der Waals surface area contributed by atoms with E-state index in [1.165, 1.54) is 6.07 Å². The molecule has 2 atom stereocenters. The number of rotatable bonds is 1. The van der Waals surface area contributed by atoms with E-state index in [9.17, 15) is 9.50 Å². The molecular formula is C13H17FO. The lowest BCUT2D eigenvalue weighted by atomic mass is 9.81. The third kappa shape index (κ3) is 2.20. The van der Waals surface area contributed by atoms with Crippen LogP contribution in [-0.2, 0) is 0 Å². The van der Waals surface area contributed by atoms with Crippen LogP contribution in [0.4, 0.5) is 4.39 Å². The van der Waals surface area contributed by atoms with Crippen LogP contribution in [0.1, 0.15) is 42.7 Å². The van der Waals surface area contributed by atoms with Crippen molar-refractivity contribution < 1.29 is 9.50 Å². The van der Waals surface area contributed by atoms with Crippen LogP contribution in [0.3, 0.4) is 0 Å². The van der Waals surface area contributed by atoms with Crippen molar-refractivity contribution in [1.29, 1.82) is 0 Å². The summed E-state index contributed by atoms with van der Waals surface area (Å²) in [6, 6.07) is 5.18. The Balaban J connectivity index is 2.24. The average Bonchev–Trinajstić information content (AvgIpc) is 2.23. The zero-order valence-electron chi connectivity index (χ0n) is 9.04. The normalized spacial score (nSPS) is 26.6. The molecule has 0 aliphatic heterocycles. The molecule has 1 aliphatic carbocycles. The topological polar surface area (TPSA) is 20.2 Å². The lowest BCUT2D eigenvalue weighted by Gasteiger charge is -2.28. The van der Waals surface area contributed by atoms with Crippen LogP contribution < -0.4 is 0 Å². The lowest BCUT2D eigenvalue weighted by Crippen LogP contribution is -2.22. The van der Waals surface area contributed by atoms with Crippen LogP contribution in [0.5, 0.6) is 0 Å². The summed E-state index contributed by atoms with van der Waals surface area (Å²) in [7, 11) is 0. The Morgan fingerprint density at radius 3 is 2.67 bits per heavy atom. The molecule has 0 aromatic heterocycles. The number of hydrogen-bond donors (Lipinski definition) is 1. The van der Waals surface area contributed by atoms with Gasteiger partial charge in [0.25, 0.3) is 0 Å². The monoisotopic (exact) mass is 208 g/mol. The molecule has 15 heavy (non-hydrogen) atoms.